The van der Waals surface area contributed by atoms with E-state index in [1.54, 1.807) is 0 Å². The molecule has 0 aliphatic carbocycles. The fourth-order valence-corrected chi connectivity index (χ4v) is 3.60. The molecule has 1 saturated heterocycles. The Kier molecular flexibility index (Phi) is 6.56. The van der Waals surface area contributed by atoms with E-state index in [-0.39, 0.29) is 0 Å². The van der Waals surface area contributed by atoms with E-state index in [9.17, 15) is 0 Å². The molecule has 1 N–H and O–H groups in total. The Hall–Kier alpha value is -2.27. The van der Waals surface area contributed by atoms with E-state index >= 15 is 0 Å². The number of ether oxygens (including phenoxy) is 1. The molecule has 0 saturated carbocycles. The van der Waals surface area contributed by atoms with Gasteiger partial charge < -0.3 is 19.9 Å². The fraction of sp³-hybridized carbons (Fsp3) is 0.409. The molecule has 0 atom stereocenters. The summed E-state index contributed by atoms with van der Waals surface area (Å²) in [6.45, 7) is 10.8. The van der Waals surface area contributed by atoms with E-state index < -0.39 is 0 Å². The summed E-state index contributed by atoms with van der Waals surface area (Å²) in [6, 6.07) is 16.8. The van der Waals surface area contributed by atoms with Gasteiger partial charge in [-0.25, -0.2) is 0 Å². The van der Waals surface area contributed by atoms with Crippen LogP contribution in [0.4, 0.5) is 11.4 Å². The zero-order valence-electron chi connectivity index (χ0n) is 16.4. The van der Waals surface area contributed by atoms with Gasteiger partial charge in [0.25, 0.3) is 0 Å². The Labute approximate surface area is 168 Å². The van der Waals surface area contributed by atoms with E-state index in [1.165, 1.54) is 11.3 Å². The third-order valence-corrected chi connectivity index (χ3v) is 5.26. The minimum Gasteiger partial charge on any atom is -0.492 e. The molecule has 0 radical (unpaired) electrons. The van der Waals surface area contributed by atoms with Crippen molar-refractivity contribution in [3.05, 3.63) is 54.1 Å². The second-order valence-electron chi connectivity index (χ2n) is 7.08. The van der Waals surface area contributed by atoms with Gasteiger partial charge in [-0.3, -0.25) is 0 Å². The van der Waals surface area contributed by atoms with Crippen LogP contribution in [0.1, 0.15) is 32.3 Å². The lowest BCUT2D eigenvalue weighted by Gasteiger charge is -2.38. The van der Waals surface area contributed by atoms with E-state index in [0.717, 1.165) is 42.7 Å². The first-order valence-corrected chi connectivity index (χ1v) is 10.1. The maximum atomic E-state index is 5.78. The van der Waals surface area contributed by atoms with E-state index in [4.69, 9.17) is 17.0 Å². The Morgan fingerprint density at radius 3 is 2.33 bits per heavy atom. The summed E-state index contributed by atoms with van der Waals surface area (Å²) < 4.78 is 5.78. The van der Waals surface area contributed by atoms with E-state index in [1.807, 2.05) is 19.1 Å². The molecule has 0 bridgehead atoms. The number of thiocarbonyl (C=S) groups is 1. The lowest BCUT2D eigenvalue weighted by atomic mass is 10.0. The molecule has 144 valence electrons. The molecule has 0 unspecified atom stereocenters. The number of para-hydroxylation sites is 2. The van der Waals surface area contributed by atoms with Crippen molar-refractivity contribution in [2.75, 3.05) is 43.0 Å². The van der Waals surface area contributed by atoms with Gasteiger partial charge >= 0.3 is 0 Å². The summed E-state index contributed by atoms with van der Waals surface area (Å²) >= 11 is 5.63. The largest absolute Gasteiger partial charge is 0.492 e. The number of benzene rings is 2. The number of hydrogen-bond acceptors (Lipinski definition) is 3. The van der Waals surface area contributed by atoms with Crippen molar-refractivity contribution in [1.82, 2.24) is 4.90 Å². The zero-order chi connectivity index (χ0) is 19.2. The highest BCUT2D eigenvalue weighted by Crippen LogP contribution is 2.29. The molecule has 2 aromatic carbocycles. The number of piperazine rings is 1. The third-order valence-electron chi connectivity index (χ3n) is 4.90. The summed E-state index contributed by atoms with van der Waals surface area (Å²) in [5.74, 6) is 1.50. The van der Waals surface area contributed by atoms with Crippen molar-refractivity contribution in [1.29, 1.82) is 0 Å². The predicted octanol–water partition coefficient (Wildman–Crippen LogP) is 4.73. The number of nitrogens with one attached hydrogen (secondary N) is 1. The number of nitrogens with zero attached hydrogens (tertiary/aromatic N) is 2. The van der Waals surface area contributed by atoms with Crippen LogP contribution in [0.15, 0.2) is 48.5 Å². The molecule has 0 spiro atoms. The average Bonchev–Trinajstić information content (AvgIpc) is 2.69. The third kappa shape index (κ3) is 4.92. The average molecular weight is 384 g/mol. The van der Waals surface area contributed by atoms with Gasteiger partial charge in [-0.15, -0.1) is 0 Å². The van der Waals surface area contributed by atoms with Crippen molar-refractivity contribution in [3.63, 3.8) is 0 Å². The molecule has 1 aliphatic heterocycles. The van der Waals surface area contributed by atoms with Crippen molar-refractivity contribution in [2.24, 2.45) is 0 Å². The lowest BCUT2D eigenvalue weighted by Crippen LogP contribution is -2.50. The van der Waals surface area contributed by atoms with Gasteiger partial charge in [0.05, 0.1) is 12.3 Å². The van der Waals surface area contributed by atoms with Crippen molar-refractivity contribution in [3.8, 4) is 5.75 Å². The summed E-state index contributed by atoms with van der Waals surface area (Å²) in [6.07, 6.45) is 0. The Morgan fingerprint density at radius 2 is 1.70 bits per heavy atom. The molecule has 0 aromatic heterocycles. The van der Waals surface area contributed by atoms with Crippen molar-refractivity contribution >= 4 is 28.7 Å². The van der Waals surface area contributed by atoms with Crippen LogP contribution in [-0.2, 0) is 0 Å². The Morgan fingerprint density at radius 1 is 1.04 bits per heavy atom. The first-order valence-electron chi connectivity index (χ1n) is 9.71. The number of anilines is 2. The second-order valence-corrected chi connectivity index (χ2v) is 7.47. The second kappa shape index (κ2) is 9.09. The lowest BCUT2D eigenvalue weighted by molar-refractivity contribution is 0.336. The molecule has 1 heterocycles. The van der Waals surface area contributed by atoms with Crippen LogP contribution >= 0.6 is 12.2 Å². The van der Waals surface area contributed by atoms with Gasteiger partial charge in [-0.05, 0) is 54.9 Å². The van der Waals surface area contributed by atoms with Crippen molar-refractivity contribution in [2.45, 2.75) is 26.7 Å². The fourth-order valence-electron chi connectivity index (χ4n) is 3.30. The first kappa shape index (κ1) is 19.5. The van der Waals surface area contributed by atoms with Gasteiger partial charge in [-0.2, -0.15) is 0 Å². The first-order chi connectivity index (χ1) is 13.1. The van der Waals surface area contributed by atoms with E-state index in [2.05, 4.69) is 65.4 Å². The molecule has 5 heteroatoms. The minimum atomic E-state index is 0.540. The smallest absolute Gasteiger partial charge is 0.173 e. The molecule has 0 amide bonds. The number of rotatable bonds is 5. The zero-order valence-corrected chi connectivity index (χ0v) is 17.3. The molecule has 1 fully saturated rings. The Balaban J connectivity index is 1.56. The maximum Gasteiger partial charge on any atom is 0.173 e. The highest BCUT2D eigenvalue weighted by molar-refractivity contribution is 7.80. The highest BCUT2D eigenvalue weighted by atomic mass is 32.1. The predicted molar refractivity (Wildman–Crippen MR) is 118 cm³/mol. The standard InChI is InChI=1S/C22H29N3OS/c1-4-26-21-8-6-5-7-20(21)24-13-15-25(16-14-24)22(27)23-19-11-9-18(10-12-19)17(2)3/h5-12,17H,4,13-16H2,1-3H3,(H,23,27). The summed E-state index contributed by atoms with van der Waals surface area (Å²) in [5, 5.41) is 4.17. The van der Waals surface area contributed by atoms with Gasteiger partial charge in [0.2, 0.25) is 0 Å². The van der Waals surface area contributed by atoms with Crippen LogP contribution in [0.2, 0.25) is 0 Å². The van der Waals surface area contributed by atoms with E-state index in [0.29, 0.717) is 12.5 Å². The summed E-state index contributed by atoms with van der Waals surface area (Å²) in [5.41, 5.74) is 3.56. The van der Waals surface area contributed by atoms with Gasteiger partial charge in [-0.1, -0.05) is 38.1 Å². The van der Waals surface area contributed by atoms with Crippen LogP contribution in [0.3, 0.4) is 0 Å². The van der Waals surface area contributed by atoms with Crippen LogP contribution in [0.5, 0.6) is 5.75 Å². The maximum absolute atomic E-state index is 5.78. The van der Waals surface area contributed by atoms with Gasteiger partial charge in [0, 0.05) is 31.9 Å². The van der Waals surface area contributed by atoms with Crippen LogP contribution in [-0.4, -0.2) is 42.8 Å². The normalized spacial score (nSPS) is 14.4. The summed E-state index contributed by atoms with van der Waals surface area (Å²) in [4.78, 5) is 4.62. The monoisotopic (exact) mass is 383 g/mol. The molecule has 27 heavy (non-hydrogen) atoms. The van der Waals surface area contributed by atoms with Gasteiger partial charge in [0.15, 0.2) is 5.11 Å². The quantitative estimate of drug-likeness (QED) is 0.754. The van der Waals surface area contributed by atoms with Crippen molar-refractivity contribution < 1.29 is 4.74 Å². The SMILES string of the molecule is CCOc1ccccc1N1CCN(C(=S)Nc2ccc(C(C)C)cc2)CC1. The topological polar surface area (TPSA) is 27.7 Å². The molecule has 2 aromatic rings. The molecule has 3 rings (SSSR count). The number of hydrogen-bond donors (Lipinski definition) is 1. The Bertz CT molecular complexity index is 752. The molecule has 4 nitrogen and oxygen atoms in total. The highest BCUT2D eigenvalue weighted by Gasteiger charge is 2.21. The van der Waals surface area contributed by atoms with Crippen LogP contribution in [0.25, 0.3) is 0 Å². The molecular weight excluding hydrogens is 354 g/mol. The van der Waals surface area contributed by atoms with Crippen LogP contribution in [0, 0.1) is 0 Å². The molecular formula is C22H29N3OS. The minimum absolute atomic E-state index is 0.540. The molecule has 1 aliphatic rings. The van der Waals surface area contributed by atoms with Crippen LogP contribution < -0.4 is 15.0 Å². The summed E-state index contributed by atoms with van der Waals surface area (Å²) in [7, 11) is 0. The van der Waals surface area contributed by atoms with Gasteiger partial charge in [0.1, 0.15) is 5.75 Å².